The van der Waals surface area contributed by atoms with E-state index >= 15 is 0 Å². The van der Waals surface area contributed by atoms with Crippen molar-refractivity contribution in [2.45, 2.75) is 45.4 Å². The average molecular weight is 346 g/mol. The van der Waals surface area contributed by atoms with E-state index in [9.17, 15) is 14.7 Å². The lowest BCUT2D eigenvalue weighted by Crippen LogP contribution is -2.31. The molecule has 1 N–H and O–H groups in total. The van der Waals surface area contributed by atoms with Gasteiger partial charge in [0.05, 0.1) is 13.2 Å². The Labute approximate surface area is 148 Å². The van der Waals surface area contributed by atoms with E-state index in [1.807, 2.05) is 24.3 Å². The Morgan fingerprint density at radius 1 is 1.20 bits per heavy atom. The van der Waals surface area contributed by atoms with Crippen LogP contribution in [-0.2, 0) is 14.3 Å². The second kappa shape index (κ2) is 9.25. The van der Waals surface area contributed by atoms with E-state index < -0.39 is 17.8 Å². The van der Waals surface area contributed by atoms with Gasteiger partial charge >= 0.3 is 5.97 Å². The van der Waals surface area contributed by atoms with Crippen molar-refractivity contribution in [3.8, 4) is 5.75 Å². The van der Waals surface area contributed by atoms with E-state index in [4.69, 9.17) is 9.47 Å². The van der Waals surface area contributed by atoms with E-state index in [2.05, 4.69) is 6.92 Å². The van der Waals surface area contributed by atoms with Crippen LogP contribution in [0.1, 0.15) is 51.0 Å². The molecule has 1 aromatic carbocycles. The molecule has 136 valence electrons. The summed E-state index contributed by atoms with van der Waals surface area (Å²) in [6, 6.07) is 7.36. The van der Waals surface area contributed by atoms with Crippen molar-refractivity contribution in [1.29, 1.82) is 0 Å². The SMILES string of the molecule is CCCCCOc1ccc([C@@H]2CC(=O)C=C(O)[C@H]2C(=O)OCC)cc1. The topological polar surface area (TPSA) is 72.8 Å². The number of benzene rings is 1. The number of ether oxygens (including phenoxy) is 2. The summed E-state index contributed by atoms with van der Waals surface area (Å²) >= 11 is 0. The van der Waals surface area contributed by atoms with Crippen molar-refractivity contribution < 1.29 is 24.2 Å². The van der Waals surface area contributed by atoms with Crippen molar-refractivity contribution in [1.82, 2.24) is 0 Å². The zero-order chi connectivity index (χ0) is 18.2. The van der Waals surface area contributed by atoms with Crippen molar-refractivity contribution in [3.05, 3.63) is 41.7 Å². The molecule has 5 nitrogen and oxygen atoms in total. The van der Waals surface area contributed by atoms with Gasteiger partial charge in [0.1, 0.15) is 17.4 Å². The molecule has 0 fully saturated rings. The second-order valence-electron chi connectivity index (χ2n) is 6.20. The molecule has 1 aliphatic carbocycles. The van der Waals surface area contributed by atoms with Crippen molar-refractivity contribution in [2.24, 2.45) is 5.92 Å². The third-order valence-electron chi connectivity index (χ3n) is 4.32. The molecule has 0 spiro atoms. The average Bonchev–Trinajstić information content (AvgIpc) is 2.59. The summed E-state index contributed by atoms with van der Waals surface area (Å²) in [6.07, 6.45) is 4.59. The quantitative estimate of drug-likeness (QED) is 0.570. The van der Waals surface area contributed by atoms with Gasteiger partial charge < -0.3 is 14.6 Å². The van der Waals surface area contributed by atoms with Crippen LogP contribution in [0, 0.1) is 5.92 Å². The maximum absolute atomic E-state index is 12.2. The number of esters is 1. The van der Waals surface area contributed by atoms with Gasteiger partial charge in [-0.2, -0.15) is 0 Å². The van der Waals surface area contributed by atoms with Crippen LogP contribution >= 0.6 is 0 Å². The zero-order valence-corrected chi connectivity index (χ0v) is 14.9. The lowest BCUT2D eigenvalue weighted by Gasteiger charge is -2.28. The molecule has 0 saturated carbocycles. The minimum absolute atomic E-state index is 0.171. The molecule has 0 heterocycles. The molecule has 0 radical (unpaired) electrons. The van der Waals surface area contributed by atoms with E-state index in [1.54, 1.807) is 6.92 Å². The van der Waals surface area contributed by atoms with E-state index in [0.717, 1.165) is 36.7 Å². The van der Waals surface area contributed by atoms with Gasteiger partial charge in [0.2, 0.25) is 0 Å². The summed E-state index contributed by atoms with van der Waals surface area (Å²) in [5, 5.41) is 10.1. The summed E-state index contributed by atoms with van der Waals surface area (Å²) in [7, 11) is 0. The first-order valence-corrected chi connectivity index (χ1v) is 8.89. The summed E-state index contributed by atoms with van der Waals surface area (Å²) in [5.41, 5.74) is 0.812. The first-order chi connectivity index (χ1) is 12.1. The maximum Gasteiger partial charge on any atom is 0.317 e. The molecule has 0 amide bonds. The number of unbranched alkanes of at least 4 members (excludes halogenated alkanes) is 2. The minimum atomic E-state index is -0.839. The summed E-state index contributed by atoms with van der Waals surface area (Å²) < 4.78 is 10.7. The molecule has 0 unspecified atom stereocenters. The van der Waals surface area contributed by atoms with Crippen molar-refractivity contribution in [3.63, 3.8) is 0 Å². The molecule has 0 aliphatic heterocycles. The Morgan fingerprint density at radius 3 is 2.56 bits per heavy atom. The van der Waals surface area contributed by atoms with Gasteiger partial charge in [0.15, 0.2) is 5.78 Å². The molecule has 2 rings (SSSR count). The van der Waals surface area contributed by atoms with Gasteiger partial charge in [-0.3, -0.25) is 9.59 Å². The highest BCUT2D eigenvalue weighted by Crippen LogP contribution is 2.37. The number of carbonyl (C=O) groups excluding carboxylic acids is 2. The van der Waals surface area contributed by atoms with Gasteiger partial charge in [-0.25, -0.2) is 0 Å². The Kier molecular flexibility index (Phi) is 7.04. The largest absolute Gasteiger partial charge is 0.511 e. The first-order valence-electron chi connectivity index (χ1n) is 8.89. The Bertz CT molecular complexity index is 617. The zero-order valence-electron chi connectivity index (χ0n) is 14.9. The lowest BCUT2D eigenvalue weighted by atomic mass is 9.77. The molecule has 5 heteroatoms. The number of hydrogen-bond acceptors (Lipinski definition) is 5. The normalized spacial score (nSPS) is 20.1. The Hall–Kier alpha value is -2.30. The molecule has 0 bridgehead atoms. The highest BCUT2D eigenvalue weighted by atomic mass is 16.5. The van der Waals surface area contributed by atoms with E-state index in [1.165, 1.54) is 0 Å². The molecule has 0 aromatic heterocycles. The van der Waals surface area contributed by atoms with E-state index in [0.29, 0.717) is 6.61 Å². The molecular formula is C20H26O5. The fourth-order valence-corrected chi connectivity index (χ4v) is 3.04. The summed E-state index contributed by atoms with van der Waals surface area (Å²) in [4.78, 5) is 24.0. The third kappa shape index (κ3) is 5.08. The smallest absolute Gasteiger partial charge is 0.317 e. The molecular weight excluding hydrogens is 320 g/mol. The molecule has 2 atom stereocenters. The minimum Gasteiger partial charge on any atom is -0.511 e. The number of hydrogen-bond donors (Lipinski definition) is 1. The van der Waals surface area contributed by atoms with Crippen LogP contribution in [0.2, 0.25) is 0 Å². The van der Waals surface area contributed by atoms with Gasteiger partial charge in [-0.05, 0) is 31.0 Å². The number of aliphatic hydroxyl groups excluding tert-OH is 1. The van der Waals surface area contributed by atoms with Crippen LogP contribution in [0.3, 0.4) is 0 Å². The third-order valence-corrected chi connectivity index (χ3v) is 4.32. The standard InChI is InChI=1S/C20H26O5/c1-3-5-6-11-25-16-9-7-14(8-10-16)17-12-15(21)13-18(22)19(17)20(23)24-4-2/h7-10,13,17,19,22H,3-6,11-12H2,1-2H3/t17-,19-/m0/s1. The Balaban J connectivity index is 2.12. The molecule has 1 aromatic rings. The first kappa shape index (κ1) is 19.0. The van der Waals surface area contributed by atoms with Crippen LogP contribution < -0.4 is 4.74 Å². The number of aliphatic hydroxyl groups is 1. The highest BCUT2D eigenvalue weighted by molar-refractivity contribution is 5.94. The number of allylic oxidation sites excluding steroid dienone is 1. The predicted molar refractivity (Wildman–Crippen MR) is 94.7 cm³/mol. The van der Waals surface area contributed by atoms with Crippen LogP contribution in [0.25, 0.3) is 0 Å². The maximum atomic E-state index is 12.2. The van der Waals surface area contributed by atoms with Crippen LogP contribution in [0.15, 0.2) is 36.1 Å². The number of rotatable bonds is 8. The fourth-order valence-electron chi connectivity index (χ4n) is 3.04. The predicted octanol–water partition coefficient (Wildman–Crippen LogP) is 3.93. The molecule has 1 aliphatic rings. The number of carbonyl (C=O) groups is 2. The monoisotopic (exact) mass is 346 g/mol. The van der Waals surface area contributed by atoms with E-state index in [-0.39, 0.29) is 24.6 Å². The molecule has 25 heavy (non-hydrogen) atoms. The Morgan fingerprint density at radius 2 is 1.92 bits per heavy atom. The summed E-state index contributed by atoms with van der Waals surface area (Å²) in [6.45, 7) is 4.76. The van der Waals surface area contributed by atoms with Gasteiger partial charge in [0, 0.05) is 18.4 Å². The summed E-state index contributed by atoms with van der Waals surface area (Å²) in [5.74, 6) is -1.43. The lowest BCUT2D eigenvalue weighted by molar-refractivity contribution is -0.148. The molecule has 0 saturated heterocycles. The van der Waals surface area contributed by atoms with Gasteiger partial charge in [0.25, 0.3) is 0 Å². The van der Waals surface area contributed by atoms with Crippen LogP contribution in [-0.4, -0.2) is 30.1 Å². The number of ketones is 1. The van der Waals surface area contributed by atoms with Crippen molar-refractivity contribution >= 4 is 11.8 Å². The van der Waals surface area contributed by atoms with Gasteiger partial charge in [-0.1, -0.05) is 31.9 Å². The van der Waals surface area contributed by atoms with Crippen LogP contribution in [0.5, 0.6) is 5.75 Å². The van der Waals surface area contributed by atoms with Crippen LogP contribution in [0.4, 0.5) is 0 Å². The highest BCUT2D eigenvalue weighted by Gasteiger charge is 2.38. The van der Waals surface area contributed by atoms with Gasteiger partial charge in [-0.15, -0.1) is 0 Å². The second-order valence-corrected chi connectivity index (χ2v) is 6.20. The van der Waals surface area contributed by atoms with Crippen molar-refractivity contribution in [2.75, 3.05) is 13.2 Å². The fraction of sp³-hybridized carbons (Fsp3) is 0.500.